The lowest BCUT2D eigenvalue weighted by Crippen LogP contribution is -2.48. The maximum Gasteiger partial charge on any atom is 0.239 e. The van der Waals surface area contributed by atoms with Crippen LogP contribution >= 0.6 is 0 Å². The smallest absolute Gasteiger partial charge is 0.239 e. The van der Waals surface area contributed by atoms with Gasteiger partial charge < -0.3 is 20.7 Å². The van der Waals surface area contributed by atoms with Gasteiger partial charge >= 0.3 is 0 Å². The summed E-state index contributed by atoms with van der Waals surface area (Å²) in [6.07, 6.45) is 0.894. The zero-order chi connectivity index (χ0) is 14.0. The summed E-state index contributed by atoms with van der Waals surface area (Å²) < 4.78 is 4.95. The van der Waals surface area contributed by atoms with Gasteiger partial charge in [-0.25, -0.2) is 0 Å². The topological polar surface area (TPSA) is 74.8 Å². The Kier molecular flexibility index (Phi) is 8.11. The summed E-state index contributed by atoms with van der Waals surface area (Å²) in [4.78, 5) is 15.6. The molecule has 6 heteroatoms. The van der Waals surface area contributed by atoms with E-state index in [1.807, 2.05) is 20.8 Å². The van der Waals surface area contributed by atoms with Gasteiger partial charge in [-0.15, -0.1) is 0 Å². The Morgan fingerprint density at radius 3 is 2.44 bits per heavy atom. The van der Waals surface area contributed by atoms with Crippen molar-refractivity contribution in [2.24, 2.45) is 4.99 Å². The second-order valence-corrected chi connectivity index (χ2v) is 5.00. The summed E-state index contributed by atoms with van der Waals surface area (Å²) >= 11 is 0. The molecular weight excluding hydrogens is 232 g/mol. The van der Waals surface area contributed by atoms with Crippen LogP contribution in [0.5, 0.6) is 0 Å². The van der Waals surface area contributed by atoms with Crippen LogP contribution in [0, 0.1) is 0 Å². The van der Waals surface area contributed by atoms with Crippen LogP contribution in [0.25, 0.3) is 0 Å². The number of nitrogens with one attached hydrogen (secondary N) is 3. The van der Waals surface area contributed by atoms with Gasteiger partial charge in [-0.2, -0.15) is 0 Å². The number of ether oxygens (including phenoxy) is 1. The molecule has 0 saturated carbocycles. The van der Waals surface area contributed by atoms with E-state index in [-0.39, 0.29) is 18.0 Å². The number of amides is 1. The Hall–Kier alpha value is -1.30. The number of aliphatic imine (C=N–C) groups is 1. The SMILES string of the molecule is CN=C(NCCCOC)NCC(=O)NC(C)(C)C. The molecule has 18 heavy (non-hydrogen) atoms. The monoisotopic (exact) mass is 258 g/mol. The summed E-state index contributed by atoms with van der Waals surface area (Å²) in [5.41, 5.74) is -0.214. The minimum atomic E-state index is -0.214. The van der Waals surface area contributed by atoms with Crippen molar-refractivity contribution in [2.45, 2.75) is 32.7 Å². The van der Waals surface area contributed by atoms with E-state index in [1.165, 1.54) is 0 Å². The number of rotatable bonds is 6. The number of carbonyl (C=O) groups excluding carboxylic acids is 1. The van der Waals surface area contributed by atoms with Gasteiger partial charge in [0.05, 0.1) is 6.54 Å². The van der Waals surface area contributed by atoms with Gasteiger partial charge in [0.2, 0.25) is 5.91 Å². The zero-order valence-electron chi connectivity index (χ0n) is 12.1. The molecule has 0 rings (SSSR count). The lowest BCUT2D eigenvalue weighted by Gasteiger charge is -2.21. The van der Waals surface area contributed by atoms with Gasteiger partial charge in [0, 0.05) is 32.8 Å². The number of hydrogen-bond donors (Lipinski definition) is 3. The molecule has 3 N–H and O–H groups in total. The number of hydrogen-bond acceptors (Lipinski definition) is 3. The number of nitrogens with zero attached hydrogens (tertiary/aromatic N) is 1. The van der Waals surface area contributed by atoms with Crippen LogP contribution in [0.1, 0.15) is 27.2 Å². The molecule has 0 radical (unpaired) electrons. The molecule has 0 unspecified atom stereocenters. The van der Waals surface area contributed by atoms with E-state index >= 15 is 0 Å². The third-order valence-electron chi connectivity index (χ3n) is 1.97. The first-order valence-corrected chi connectivity index (χ1v) is 6.13. The Morgan fingerprint density at radius 1 is 1.28 bits per heavy atom. The summed E-state index contributed by atoms with van der Waals surface area (Å²) in [5.74, 6) is 0.567. The summed E-state index contributed by atoms with van der Waals surface area (Å²) in [7, 11) is 3.34. The number of methoxy groups -OCH3 is 1. The van der Waals surface area contributed by atoms with Gasteiger partial charge in [-0.05, 0) is 27.2 Å². The molecule has 0 aromatic carbocycles. The van der Waals surface area contributed by atoms with Crippen molar-refractivity contribution < 1.29 is 9.53 Å². The Bertz CT molecular complexity index is 272. The minimum absolute atomic E-state index is 0.0534. The maximum atomic E-state index is 11.6. The molecule has 0 fully saturated rings. The molecule has 0 atom stereocenters. The Labute approximate surface area is 110 Å². The van der Waals surface area contributed by atoms with Crippen LogP contribution in [0.4, 0.5) is 0 Å². The number of carbonyl (C=O) groups is 1. The molecule has 0 bridgehead atoms. The van der Waals surface area contributed by atoms with Crippen molar-refractivity contribution in [2.75, 3.05) is 33.9 Å². The highest BCUT2D eigenvalue weighted by atomic mass is 16.5. The van der Waals surface area contributed by atoms with Gasteiger partial charge in [-0.3, -0.25) is 9.79 Å². The van der Waals surface area contributed by atoms with E-state index < -0.39 is 0 Å². The van der Waals surface area contributed by atoms with Crippen LogP contribution in [0.3, 0.4) is 0 Å². The van der Waals surface area contributed by atoms with Gasteiger partial charge in [0.1, 0.15) is 0 Å². The van der Waals surface area contributed by atoms with Crippen molar-refractivity contribution in [1.29, 1.82) is 0 Å². The second kappa shape index (κ2) is 8.74. The lowest BCUT2D eigenvalue weighted by molar-refractivity contribution is -0.121. The van der Waals surface area contributed by atoms with E-state index in [1.54, 1.807) is 14.2 Å². The third kappa shape index (κ3) is 9.89. The highest BCUT2D eigenvalue weighted by Crippen LogP contribution is 1.96. The van der Waals surface area contributed by atoms with E-state index in [9.17, 15) is 4.79 Å². The molecule has 0 saturated heterocycles. The molecule has 0 aliphatic heterocycles. The highest BCUT2D eigenvalue weighted by Gasteiger charge is 2.13. The van der Waals surface area contributed by atoms with Crippen molar-refractivity contribution in [3.63, 3.8) is 0 Å². The fourth-order valence-corrected chi connectivity index (χ4v) is 1.27. The maximum absolute atomic E-state index is 11.6. The van der Waals surface area contributed by atoms with Crippen LogP contribution < -0.4 is 16.0 Å². The molecule has 0 heterocycles. The molecule has 0 aromatic rings. The molecule has 0 aliphatic rings. The first kappa shape index (κ1) is 16.7. The van der Waals surface area contributed by atoms with E-state index in [0.717, 1.165) is 13.0 Å². The molecule has 106 valence electrons. The lowest BCUT2D eigenvalue weighted by atomic mass is 10.1. The predicted molar refractivity (Wildman–Crippen MR) is 73.8 cm³/mol. The molecule has 0 aromatic heterocycles. The predicted octanol–water partition coefficient (Wildman–Crippen LogP) is 0.103. The van der Waals surface area contributed by atoms with Crippen molar-refractivity contribution in [3.8, 4) is 0 Å². The standard InChI is InChI=1S/C12H26N4O2/c1-12(2,3)16-10(17)9-15-11(13-4)14-7-6-8-18-5/h6-9H2,1-5H3,(H,16,17)(H2,13,14,15). The Balaban J connectivity index is 3.84. The molecule has 6 nitrogen and oxygen atoms in total. The van der Waals surface area contributed by atoms with E-state index in [2.05, 4.69) is 20.9 Å². The van der Waals surface area contributed by atoms with Crippen LogP contribution in [-0.2, 0) is 9.53 Å². The van der Waals surface area contributed by atoms with Crippen molar-refractivity contribution >= 4 is 11.9 Å². The second-order valence-electron chi connectivity index (χ2n) is 5.00. The summed E-state index contributed by atoms with van der Waals surface area (Å²) in [6, 6.07) is 0. The molecule has 0 aliphatic carbocycles. The average Bonchev–Trinajstić information content (AvgIpc) is 2.26. The fraction of sp³-hybridized carbons (Fsp3) is 0.833. The molecule has 1 amide bonds. The van der Waals surface area contributed by atoms with Gasteiger partial charge in [0.25, 0.3) is 0 Å². The number of guanidine groups is 1. The van der Waals surface area contributed by atoms with Crippen LogP contribution in [-0.4, -0.2) is 51.3 Å². The first-order chi connectivity index (χ1) is 8.39. The minimum Gasteiger partial charge on any atom is -0.385 e. The van der Waals surface area contributed by atoms with Crippen LogP contribution in [0.2, 0.25) is 0 Å². The fourth-order valence-electron chi connectivity index (χ4n) is 1.27. The normalized spacial score (nSPS) is 12.2. The molecule has 0 spiro atoms. The average molecular weight is 258 g/mol. The quantitative estimate of drug-likeness (QED) is 0.359. The van der Waals surface area contributed by atoms with Crippen molar-refractivity contribution in [3.05, 3.63) is 0 Å². The summed E-state index contributed by atoms with van der Waals surface area (Å²) in [6.45, 7) is 7.51. The third-order valence-corrected chi connectivity index (χ3v) is 1.97. The van der Waals surface area contributed by atoms with Gasteiger partial charge in [0.15, 0.2) is 5.96 Å². The summed E-state index contributed by atoms with van der Waals surface area (Å²) in [5, 5.41) is 8.93. The largest absolute Gasteiger partial charge is 0.385 e. The first-order valence-electron chi connectivity index (χ1n) is 6.13. The van der Waals surface area contributed by atoms with E-state index in [4.69, 9.17) is 4.74 Å². The highest BCUT2D eigenvalue weighted by molar-refractivity contribution is 5.86. The molecular formula is C12H26N4O2. The van der Waals surface area contributed by atoms with Gasteiger partial charge in [-0.1, -0.05) is 0 Å². The van der Waals surface area contributed by atoms with E-state index in [0.29, 0.717) is 12.6 Å². The van der Waals surface area contributed by atoms with Crippen LogP contribution in [0.15, 0.2) is 4.99 Å². The Morgan fingerprint density at radius 2 is 1.94 bits per heavy atom. The van der Waals surface area contributed by atoms with Crippen molar-refractivity contribution in [1.82, 2.24) is 16.0 Å². The zero-order valence-corrected chi connectivity index (χ0v) is 12.1.